The van der Waals surface area contributed by atoms with Crippen LogP contribution >= 0.6 is 23.4 Å². The number of nitrogens with zero attached hydrogens (tertiary/aromatic N) is 3. The van der Waals surface area contributed by atoms with Gasteiger partial charge in [0.15, 0.2) is 0 Å². The molecule has 0 atom stereocenters. The number of hydrogen-bond acceptors (Lipinski definition) is 5. The van der Waals surface area contributed by atoms with E-state index in [4.69, 9.17) is 110 Å². The normalized spacial score (nSPS) is 11.8. The Bertz CT molecular complexity index is 4550. The van der Waals surface area contributed by atoms with Crippen molar-refractivity contribution in [2.75, 3.05) is 21.0 Å². The second-order valence-corrected chi connectivity index (χ2v) is 25.1. The number of rotatable bonds is 13. The van der Waals surface area contributed by atoms with Crippen molar-refractivity contribution in [2.45, 2.75) is 57.3 Å². The van der Waals surface area contributed by atoms with Gasteiger partial charge in [-0.15, -0.1) is 0 Å². The van der Waals surface area contributed by atoms with Crippen LogP contribution in [0.2, 0.25) is 5.02 Å². The molecule has 0 aliphatic rings. The van der Waals surface area contributed by atoms with Gasteiger partial charge in [0.05, 0.1) is 0 Å². The summed E-state index contributed by atoms with van der Waals surface area (Å²) in [5, 5.41) is 1.78. The van der Waals surface area contributed by atoms with Gasteiger partial charge >= 0.3 is 449 Å². The summed E-state index contributed by atoms with van der Waals surface area (Å²) in [5.74, 6) is 0. The average Bonchev–Trinajstić information content (AvgIpc) is 0.965. The third kappa shape index (κ3) is 10.9. The van der Waals surface area contributed by atoms with Gasteiger partial charge < -0.3 is 0 Å². The fourth-order valence-electron chi connectivity index (χ4n) is 11.6. The van der Waals surface area contributed by atoms with E-state index in [9.17, 15) is 0 Å². The zero-order chi connectivity index (χ0) is 63.0. The van der Waals surface area contributed by atoms with Gasteiger partial charge in [0.1, 0.15) is 0 Å². The summed E-state index contributed by atoms with van der Waals surface area (Å²) in [4.78, 5) is 6.29. The molecule has 0 unspecified atom stereocenters. The van der Waals surface area contributed by atoms with Gasteiger partial charge in [-0.1, -0.05) is 81.4 Å². The van der Waals surface area contributed by atoms with E-state index in [0.29, 0.717) is 33.1 Å². The van der Waals surface area contributed by atoms with E-state index in [-0.39, 0.29) is 110 Å². The Morgan fingerprint density at radius 1 is 0.432 bits per heavy atom. The van der Waals surface area contributed by atoms with Crippen molar-refractivity contribution >= 4 is 250 Å². The van der Waals surface area contributed by atoms with Gasteiger partial charge in [-0.2, -0.15) is 0 Å². The van der Waals surface area contributed by atoms with Crippen LogP contribution in [0, 0.1) is 0 Å². The average molecular weight is 1150 g/mol. The maximum absolute atomic E-state index is 8.26. The Labute approximate surface area is 543 Å². The van der Waals surface area contributed by atoms with Crippen molar-refractivity contribution < 1.29 is 4.42 Å². The van der Waals surface area contributed by atoms with Gasteiger partial charge in [-0.25, -0.2) is 0 Å². The summed E-state index contributed by atoms with van der Waals surface area (Å²) in [5.41, 5.74) is 10.4. The number of anilines is 8. The number of halogens is 1. The van der Waals surface area contributed by atoms with Gasteiger partial charge in [0.25, 0.3) is 0 Å². The van der Waals surface area contributed by atoms with E-state index >= 15 is 0 Å². The van der Waals surface area contributed by atoms with Crippen LogP contribution in [0.1, 0.15) is 58.2 Å². The molecular formula is C70H49B12ClN3OS. The Hall–Kier alpha value is -7.31. The van der Waals surface area contributed by atoms with E-state index in [1.54, 1.807) is 4.90 Å². The Morgan fingerprint density at radius 3 is 1.52 bits per heavy atom. The van der Waals surface area contributed by atoms with E-state index in [2.05, 4.69) is 113 Å². The molecule has 0 aliphatic heterocycles. The molecule has 0 bridgehead atoms. The van der Waals surface area contributed by atoms with Crippen LogP contribution in [-0.4, -0.2) is 106 Å². The summed E-state index contributed by atoms with van der Waals surface area (Å²) in [6.07, 6.45) is 1.82. The molecule has 0 saturated heterocycles. The van der Waals surface area contributed by atoms with Crippen LogP contribution in [0.4, 0.5) is 45.5 Å². The summed E-state index contributed by atoms with van der Waals surface area (Å²) >= 11 is 9.51. The molecule has 23 radical (unpaired) electrons. The third-order valence-electron chi connectivity index (χ3n) is 16.4. The maximum atomic E-state index is 8.26. The second-order valence-electron chi connectivity index (χ2n) is 23.9. The van der Waals surface area contributed by atoms with Crippen molar-refractivity contribution in [3.63, 3.8) is 0 Å². The first kappa shape index (κ1) is 62.3. The number of thioether (sulfide) groups is 1. The monoisotopic (exact) mass is 1150 g/mol. The molecule has 399 valence electrons. The van der Waals surface area contributed by atoms with Crippen LogP contribution in [0.15, 0.2) is 179 Å². The van der Waals surface area contributed by atoms with E-state index in [0.717, 1.165) is 44.5 Å². The number of hydrogen-bond donors (Lipinski definition) is 0. The van der Waals surface area contributed by atoms with Gasteiger partial charge in [-0.3, -0.25) is 0 Å². The number of fused-ring (bicyclic) bond motifs is 3. The van der Waals surface area contributed by atoms with Crippen molar-refractivity contribution in [3.05, 3.63) is 192 Å². The Morgan fingerprint density at radius 2 is 0.909 bits per heavy atom. The molecule has 88 heavy (non-hydrogen) atoms. The van der Waals surface area contributed by atoms with Gasteiger partial charge in [-0.05, 0) is 16.5 Å². The van der Waals surface area contributed by atoms with E-state index in [1.807, 2.05) is 114 Å². The van der Waals surface area contributed by atoms with Crippen molar-refractivity contribution in [1.29, 1.82) is 0 Å². The molecule has 4 nitrogen and oxygen atoms in total. The van der Waals surface area contributed by atoms with E-state index < -0.39 is 0 Å². The molecule has 10 aromatic carbocycles. The first-order valence-electron chi connectivity index (χ1n) is 28.5. The summed E-state index contributed by atoms with van der Waals surface area (Å²) in [6.45, 7) is 13.0. The quantitative estimate of drug-likeness (QED) is 0.0912. The molecule has 0 aliphatic carbocycles. The number of para-hydroxylation sites is 3. The Kier molecular flexibility index (Phi) is 17.2. The molecule has 0 spiro atoms. The van der Waals surface area contributed by atoms with Crippen LogP contribution in [0.5, 0.6) is 0 Å². The predicted molar refractivity (Wildman–Crippen MR) is 392 cm³/mol. The van der Waals surface area contributed by atoms with Crippen molar-refractivity contribution in [2.24, 2.45) is 0 Å². The number of benzene rings is 10. The van der Waals surface area contributed by atoms with Gasteiger partial charge in [0.2, 0.25) is 0 Å². The molecule has 0 N–H and O–H groups in total. The van der Waals surface area contributed by atoms with Gasteiger partial charge in [0, 0.05) is 0 Å². The molecule has 11 rings (SSSR count). The van der Waals surface area contributed by atoms with Crippen LogP contribution < -0.4 is 74.8 Å². The standard InChI is InChI=1S/C70H49B12ClN3OS/c1-69(2,3)37-27-31-39(32-28-37)84(46-24-13-11-21-43(46)36-17-9-8-10-18-36)41-19-15-20-42(35-41)85(47-25-16-23-45-44-22-12-14-26-48(44)87-66(45)47)64-60(79)59(78)61(80)65(63(64)83)86(40-33-29-38(30-34-40)70(4,5)6)68(82)51-52(71)49(55(74)62(81)67(51)88-7)50-53(72)56(75)58(77)57(76)54(50)73/h8-35H,1-7H3. The summed E-state index contributed by atoms with van der Waals surface area (Å²) < 4.78 is 6.88. The first-order valence-corrected chi connectivity index (χ1v) is 30.1. The van der Waals surface area contributed by atoms with Crippen LogP contribution in [0.3, 0.4) is 0 Å². The molecule has 11 aromatic rings. The molecule has 18 heteroatoms. The zero-order valence-electron chi connectivity index (χ0n) is 50.1. The van der Waals surface area contributed by atoms with Crippen molar-refractivity contribution in [3.8, 4) is 22.3 Å². The van der Waals surface area contributed by atoms with Crippen molar-refractivity contribution in [1.82, 2.24) is 0 Å². The zero-order valence-corrected chi connectivity index (χ0v) is 51.7. The topological polar surface area (TPSA) is 22.9 Å². The number of furan rings is 1. The first-order chi connectivity index (χ1) is 41.8. The molecule has 0 saturated carbocycles. The van der Waals surface area contributed by atoms with Crippen LogP contribution in [-0.2, 0) is 10.8 Å². The Balaban J connectivity index is 1.22. The van der Waals surface area contributed by atoms with Crippen LogP contribution in [0.25, 0.3) is 44.2 Å². The minimum atomic E-state index is -0.255. The molecule has 1 heterocycles. The molecule has 1 aromatic heterocycles. The minimum absolute atomic E-state index is 0.00209. The fraction of sp³-hybridized carbons (Fsp3) is 0.129. The predicted octanol–water partition coefficient (Wildman–Crippen LogP) is 7.05. The van der Waals surface area contributed by atoms with E-state index in [1.165, 1.54) is 17.3 Å². The summed E-state index contributed by atoms with van der Waals surface area (Å²) in [6, 6.07) is 57.1. The molecule has 0 fully saturated rings. The summed E-state index contributed by atoms with van der Waals surface area (Å²) in [7, 11) is 84.2. The fourth-order valence-corrected chi connectivity index (χ4v) is 12.7. The SMILES string of the molecule is [B]c1c([B])c([B])c(-c2c([B])c([B])c(SC)c(C(=[B])N(c3ccc(C(C)(C)C)cc3)c3c([B])c([B])c([B])c(N(c4cccc(N(c5ccc(C(C)(C)C)cc5)c5ccccc5-c5ccccc5)c4)c4cccc5c4oc4ccccc45)c3Cl)c2[B])c([B])c1[B]. The molecule has 0 amide bonds. The molecular weight excluding hydrogens is 1100 g/mol. The third-order valence-corrected chi connectivity index (χ3v) is 17.5. The second kappa shape index (κ2) is 24.2.